The Morgan fingerprint density at radius 2 is 2.00 bits per heavy atom. The average molecular weight is 451 g/mol. The summed E-state index contributed by atoms with van der Waals surface area (Å²) in [5.74, 6) is 1.22. The van der Waals surface area contributed by atoms with E-state index in [1.54, 1.807) is 18.2 Å². The Morgan fingerprint density at radius 1 is 1.21 bits per heavy atom. The summed E-state index contributed by atoms with van der Waals surface area (Å²) in [6.45, 7) is 9.47. The van der Waals surface area contributed by atoms with Gasteiger partial charge in [-0.25, -0.2) is 9.78 Å². The van der Waals surface area contributed by atoms with Crippen molar-refractivity contribution in [2.75, 3.05) is 36.7 Å². The van der Waals surface area contributed by atoms with Gasteiger partial charge in [0.25, 0.3) is 0 Å². The molecule has 0 spiro atoms. The fourth-order valence-corrected chi connectivity index (χ4v) is 3.76. The van der Waals surface area contributed by atoms with Crippen LogP contribution in [-0.2, 0) is 4.74 Å². The van der Waals surface area contributed by atoms with Gasteiger partial charge in [-0.15, -0.1) is 0 Å². The van der Waals surface area contributed by atoms with E-state index >= 15 is 0 Å². The van der Waals surface area contributed by atoms with Gasteiger partial charge in [0.1, 0.15) is 18.1 Å². The lowest BCUT2D eigenvalue weighted by atomic mass is 10.1. The van der Waals surface area contributed by atoms with Crippen molar-refractivity contribution in [1.29, 1.82) is 0 Å². The van der Waals surface area contributed by atoms with Crippen LogP contribution in [0.15, 0.2) is 53.1 Å². The van der Waals surface area contributed by atoms with Crippen molar-refractivity contribution in [2.24, 2.45) is 0 Å². The van der Waals surface area contributed by atoms with Gasteiger partial charge in [0, 0.05) is 37.5 Å². The van der Waals surface area contributed by atoms with E-state index in [2.05, 4.69) is 10.3 Å². The predicted octanol–water partition coefficient (Wildman–Crippen LogP) is 5.10. The highest BCUT2D eigenvalue weighted by Crippen LogP contribution is 2.36. The number of nitrogens with zero attached hydrogens (tertiary/aromatic N) is 3. The summed E-state index contributed by atoms with van der Waals surface area (Å²) in [5, 5.41) is 2.84. The van der Waals surface area contributed by atoms with Crippen LogP contribution in [0.5, 0.6) is 5.75 Å². The first-order valence-electron chi connectivity index (χ1n) is 10.9. The third-order valence-electron chi connectivity index (χ3n) is 5.16. The number of para-hydroxylation sites is 1. The second-order valence-corrected chi connectivity index (χ2v) is 8.95. The van der Waals surface area contributed by atoms with Gasteiger partial charge < -0.3 is 19.2 Å². The topological polar surface area (TPSA) is 80.1 Å². The quantitative estimate of drug-likeness (QED) is 0.505. The largest absolute Gasteiger partial charge is 0.488 e. The molecule has 1 fully saturated rings. The number of nitrogens with one attached hydrogen (secondary N) is 1. The fraction of sp³-hybridized carbons (Fsp3) is 0.360. The molecule has 0 bridgehead atoms. The number of benzene rings is 2. The molecule has 1 aliphatic heterocycles. The molecule has 1 aromatic heterocycles. The number of anilines is 3. The van der Waals surface area contributed by atoms with Gasteiger partial charge in [-0.3, -0.25) is 9.80 Å². The van der Waals surface area contributed by atoms with Gasteiger partial charge in [0.15, 0.2) is 5.76 Å². The van der Waals surface area contributed by atoms with Crippen LogP contribution in [0.2, 0.25) is 0 Å². The summed E-state index contributed by atoms with van der Waals surface area (Å²) in [5.41, 5.74) is 3.15. The molecule has 0 unspecified atom stereocenters. The number of urea groups is 1. The van der Waals surface area contributed by atoms with Gasteiger partial charge in [-0.05, 0) is 51.5 Å². The predicted molar refractivity (Wildman–Crippen MR) is 128 cm³/mol. The fourth-order valence-electron chi connectivity index (χ4n) is 3.76. The molecule has 1 aliphatic rings. The monoisotopic (exact) mass is 450 g/mol. The molecule has 2 amide bonds. The van der Waals surface area contributed by atoms with Crippen molar-refractivity contribution in [3.8, 4) is 17.1 Å². The second kappa shape index (κ2) is 9.15. The molecule has 0 saturated carbocycles. The van der Waals surface area contributed by atoms with Crippen molar-refractivity contribution < 1.29 is 18.7 Å². The Kier molecular flexibility index (Phi) is 6.29. The normalized spacial score (nSPS) is 13.8. The van der Waals surface area contributed by atoms with Crippen molar-refractivity contribution in [2.45, 2.75) is 33.3 Å². The van der Waals surface area contributed by atoms with E-state index in [9.17, 15) is 4.79 Å². The number of hydrogen-bond acceptors (Lipinski definition) is 6. The van der Waals surface area contributed by atoms with E-state index in [-0.39, 0.29) is 12.8 Å². The lowest BCUT2D eigenvalue weighted by Crippen LogP contribution is -2.28. The number of aromatic nitrogens is 1. The zero-order chi connectivity index (χ0) is 23.6. The SMILES string of the molecule is COCN(c1ncc(-c2cc(OC(C)(C)C)cc(N3CCNC3=O)c2)o1)c1ccccc1C. The number of hydrogen-bond donors (Lipinski definition) is 1. The third-order valence-corrected chi connectivity index (χ3v) is 5.16. The van der Waals surface area contributed by atoms with Crippen LogP contribution in [0.1, 0.15) is 26.3 Å². The van der Waals surface area contributed by atoms with Crippen LogP contribution in [-0.4, -0.2) is 43.5 Å². The molecule has 0 radical (unpaired) electrons. The number of amides is 2. The van der Waals surface area contributed by atoms with Gasteiger partial charge in [-0.2, -0.15) is 0 Å². The maximum absolute atomic E-state index is 12.3. The Labute approximate surface area is 194 Å². The van der Waals surface area contributed by atoms with Gasteiger partial charge >= 0.3 is 12.0 Å². The summed E-state index contributed by atoms with van der Waals surface area (Å²) in [6, 6.07) is 14.0. The standard InChI is InChI=1S/C25H30N4O4/c1-17-8-6-7-9-21(17)29(16-31-5)24-27-15-22(32-24)18-12-19(28-11-10-26-23(28)30)14-20(13-18)33-25(2,3)4/h6-9,12-15H,10-11,16H2,1-5H3,(H,26,30). The van der Waals surface area contributed by atoms with Crippen LogP contribution >= 0.6 is 0 Å². The first kappa shape index (κ1) is 22.7. The first-order chi connectivity index (χ1) is 15.7. The summed E-state index contributed by atoms with van der Waals surface area (Å²) >= 11 is 0. The second-order valence-electron chi connectivity index (χ2n) is 8.95. The Morgan fingerprint density at radius 3 is 2.67 bits per heavy atom. The Hall–Kier alpha value is -3.52. The Balaban J connectivity index is 1.73. The minimum Gasteiger partial charge on any atom is -0.488 e. The summed E-state index contributed by atoms with van der Waals surface area (Å²) in [4.78, 5) is 20.4. The van der Waals surface area contributed by atoms with E-state index in [0.29, 0.717) is 30.6 Å². The molecule has 8 heteroatoms. The highest BCUT2D eigenvalue weighted by Gasteiger charge is 2.24. The van der Waals surface area contributed by atoms with E-state index in [1.165, 1.54) is 0 Å². The molecular weight excluding hydrogens is 420 g/mol. The summed E-state index contributed by atoms with van der Waals surface area (Å²) in [7, 11) is 1.63. The molecule has 1 N–H and O–H groups in total. The molecule has 2 heterocycles. The minimum atomic E-state index is -0.393. The third kappa shape index (κ3) is 5.12. The van der Waals surface area contributed by atoms with Crippen LogP contribution < -0.4 is 19.9 Å². The van der Waals surface area contributed by atoms with E-state index in [0.717, 1.165) is 22.5 Å². The number of oxazole rings is 1. The molecule has 0 atom stereocenters. The van der Waals surface area contributed by atoms with E-state index < -0.39 is 5.60 Å². The molecule has 33 heavy (non-hydrogen) atoms. The highest BCUT2D eigenvalue weighted by molar-refractivity contribution is 5.95. The van der Waals surface area contributed by atoms with Crippen molar-refractivity contribution in [1.82, 2.24) is 10.3 Å². The Bertz CT molecular complexity index is 1140. The lowest BCUT2D eigenvalue weighted by Gasteiger charge is -2.23. The number of ether oxygens (including phenoxy) is 2. The molecule has 8 nitrogen and oxygen atoms in total. The molecule has 4 rings (SSSR count). The van der Waals surface area contributed by atoms with Gasteiger partial charge in [0.2, 0.25) is 0 Å². The molecular formula is C25H30N4O4. The molecule has 174 valence electrons. The van der Waals surface area contributed by atoms with Crippen molar-refractivity contribution >= 4 is 23.4 Å². The van der Waals surface area contributed by atoms with Gasteiger partial charge in [-0.1, -0.05) is 18.2 Å². The van der Waals surface area contributed by atoms with E-state index in [1.807, 2.05) is 75.1 Å². The summed E-state index contributed by atoms with van der Waals surface area (Å²) in [6.07, 6.45) is 1.68. The smallest absolute Gasteiger partial charge is 0.321 e. The van der Waals surface area contributed by atoms with Crippen molar-refractivity contribution in [3.63, 3.8) is 0 Å². The maximum atomic E-state index is 12.3. The van der Waals surface area contributed by atoms with Crippen LogP contribution in [0.4, 0.5) is 22.2 Å². The van der Waals surface area contributed by atoms with Gasteiger partial charge in [0.05, 0.1) is 11.9 Å². The highest BCUT2D eigenvalue weighted by atomic mass is 16.5. The number of aryl methyl sites for hydroxylation is 1. The molecule has 1 saturated heterocycles. The average Bonchev–Trinajstić information content (AvgIpc) is 3.40. The van der Waals surface area contributed by atoms with E-state index in [4.69, 9.17) is 13.9 Å². The number of methoxy groups -OCH3 is 1. The molecule has 3 aromatic rings. The zero-order valence-corrected chi connectivity index (χ0v) is 19.7. The number of carbonyl (C=O) groups excluding carboxylic acids is 1. The lowest BCUT2D eigenvalue weighted by molar-refractivity contribution is 0.131. The van der Waals surface area contributed by atoms with Crippen molar-refractivity contribution in [3.05, 3.63) is 54.2 Å². The number of carbonyl (C=O) groups is 1. The minimum absolute atomic E-state index is 0.127. The first-order valence-corrected chi connectivity index (χ1v) is 10.9. The maximum Gasteiger partial charge on any atom is 0.321 e. The van der Waals surface area contributed by atoms with Crippen LogP contribution in [0.25, 0.3) is 11.3 Å². The van der Waals surface area contributed by atoms with Crippen LogP contribution in [0.3, 0.4) is 0 Å². The molecule has 2 aromatic carbocycles. The number of rotatable bonds is 7. The van der Waals surface area contributed by atoms with Crippen LogP contribution in [0, 0.1) is 6.92 Å². The molecule has 0 aliphatic carbocycles. The zero-order valence-electron chi connectivity index (χ0n) is 19.7. The summed E-state index contributed by atoms with van der Waals surface area (Å²) < 4.78 is 17.7.